The van der Waals surface area contributed by atoms with Gasteiger partial charge in [-0.2, -0.15) is 0 Å². The van der Waals surface area contributed by atoms with Gasteiger partial charge in [0.1, 0.15) is 18.1 Å². The first-order valence-corrected chi connectivity index (χ1v) is 13.9. The number of aliphatic carboxylic acids is 1. The second kappa shape index (κ2) is 13.8. The first-order chi connectivity index (χ1) is 20.9. The number of rotatable bonds is 14. The second-order valence-corrected chi connectivity index (χ2v) is 10.6. The quantitative estimate of drug-likeness (QED) is 0.0909. The van der Waals surface area contributed by atoms with Gasteiger partial charge in [0.15, 0.2) is 0 Å². The van der Waals surface area contributed by atoms with Crippen molar-refractivity contribution in [1.82, 2.24) is 25.9 Å². The predicted molar refractivity (Wildman–Crippen MR) is 161 cm³/mol. The zero-order valence-electron chi connectivity index (χ0n) is 23.9. The van der Waals surface area contributed by atoms with E-state index >= 15 is 0 Å². The number of nitrogens with two attached hydrogens (primary N) is 2. The topological polar surface area (TPSA) is 246 Å². The molecule has 2 aromatic heterocycles. The number of hydrogen-bond acceptors (Lipinski definition) is 7. The van der Waals surface area contributed by atoms with E-state index < -0.39 is 66.3 Å². The SMILES string of the molecule is CC(O)C(NC(=O)C(CC(N)=O)NC(=O)C(N)Cc1c[nH]c2ccccc12)C(=O)NC(Cc1c[nH]c2ccccc12)C(=O)O. The van der Waals surface area contributed by atoms with Crippen LogP contribution >= 0.6 is 0 Å². The summed E-state index contributed by atoms with van der Waals surface area (Å²) in [4.78, 5) is 69.2. The molecule has 0 spiro atoms. The molecule has 4 amide bonds. The Morgan fingerprint density at radius 3 is 1.82 bits per heavy atom. The molecule has 232 valence electrons. The lowest BCUT2D eigenvalue weighted by molar-refractivity contribution is -0.143. The first kappa shape index (κ1) is 31.7. The Hall–Kier alpha value is -5.21. The predicted octanol–water partition coefficient (Wildman–Crippen LogP) is -0.443. The van der Waals surface area contributed by atoms with Crippen LogP contribution in [0.25, 0.3) is 21.8 Å². The van der Waals surface area contributed by atoms with Gasteiger partial charge in [0.25, 0.3) is 0 Å². The van der Waals surface area contributed by atoms with E-state index in [9.17, 15) is 34.2 Å². The molecular formula is C30H35N7O7. The fourth-order valence-electron chi connectivity index (χ4n) is 4.96. The average molecular weight is 606 g/mol. The Morgan fingerprint density at radius 1 is 0.773 bits per heavy atom. The molecule has 4 aromatic rings. The van der Waals surface area contributed by atoms with Gasteiger partial charge in [0.05, 0.1) is 18.6 Å². The zero-order valence-corrected chi connectivity index (χ0v) is 23.9. The molecule has 2 heterocycles. The van der Waals surface area contributed by atoms with Crippen molar-refractivity contribution in [2.24, 2.45) is 11.5 Å². The van der Waals surface area contributed by atoms with Gasteiger partial charge >= 0.3 is 5.97 Å². The molecule has 0 bridgehead atoms. The third-order valence-electron chi connectivity index (χ3n) is 7.27. The number of carboxylic acid groups (broad SMARTS) is 1. The van der Waals surface area contributed by atoms with Crippen molar-refractivity contribution < 1.29 is 34.2 Å². The minimum absolute atomic E-state index is 0.0831. The molecule has 44 heavy (non-hydrogen) atoms. The van der Waals surface area contributed by atoms with Crippen LogP contribution in [0.1, 0.15) is 24.5 Å². The summed E-state index contributed by atoms with van der Waals surface area (Å²) in [5, 5.41) is 28.8. The van der Waals surface area contributed by atoms with Crippen LogP contribution in [-0.4, -0.2) is 80.1 Å². The molecule has 0 aliphatic rings. The van der Waals surface area contributed by atoms with E-state index in [0.717, 1.165) is 27.4 Å². The highest BCUT2D eigenvalue weighted by Crippen LogP contribution is 2.20. The first-order valence-electron chi connectivity index (χ1n) is 13.9. The van der Waals surface area contributed by atoms with E-state index in [1.807, 2.05) is 36.4 Å². The van der Waals surface area contributed by atoms with Gasteiger partial charge in [-0.25, -0.2) is 4.79 Å². The zero-order chi connectivity index (χ0) is 32.0. The normalized spacial score (nSPS) is 14.7. The lowest BCUT2D eigenvalue weighted by atomic mass is 10.0. The van der Waals surface area contributed by atoms with Gasteiger partial charge in [-0.3, -0.25) is 19.2 Å². The van der Waals surface area contributed by atoms with Crippen LogP contribution in [0.15, 0.2) is 60.9 Å². The number of benzene rings is 2. The Morgan fingerprint density at radius 2 is 1.30 bits per heavy atom. The monoisotopic (exact) mass is 605 g/mol. The van der Waals surface area contributed by atoms with Gasteiger partial charge in [-0.05, 0) is 36.6 Å². The van der Waals surface area contributed by atoms with Gasteiger partial charge < -0.3 is 47.6 Å². The average Bonchev–Trinajstić information content (AvgIpc) is 3.58. The number of carboxylic acids is 1. The number of amides is 4. The number of fused-ring (bicyclic) bond motifs is 2. The maximum Gasteiger partial charge on any atom is 0.326 e. The van der Waals surface area contributed by atoms with Gasteiger partial charge in [-0.1, -0.05) is 36.4 Å². The lowest BCUT2D eigenvalue weighted by Crippen LogP contribution is -2.60. The number of carbonyl (C=O) groups excluding carboxylic acids is 4. The van der Waals surface area contributed by atoms with Crippen LogP contribution in [0.5, 0.6) is 0 Å². The third-order valence-corrected chi connectivity index (χ3v) is 7.27. The maximum atomic E-state index is 13.2. The lowest BCUT2D eigenvalue weighted by Gasteiger charge is -2.26. The van der Waals surface area contributed by atoms with Crippen molar-refractivity contribution in [3.8, 4) is 0 Å². The van der Waals surface area contributed by atoms with Crippen LogP contribution in [0.2, 0.25) is 0 Å². The number of aliphatic hydroxyl groups excluding tert-OH is 1. The van der Waals surface area contributed by atoms with Crippen LogP contribution in [0, 0.1) is 0 Å². The van der Waals surface area contributed by atoms with Gasteiger partial charge in [-0.15, -0.1) is 0 Å². The van der Waals surface area contributed by atoms with Crippen LogP contribution in [-0.2, 0) is 36.8 Å². The largest absolute Gasteiger partial charge is 0.480 e. The standard InChI is InChI=1S/C30H35N7O7/c1-15(38)26(29(42)36-24(30(43)44)11-17-14-34-22-9-5-3-7-19(17)22)37-28(41)23(12-25(32)39)35-27(40)20(31)10-16-13-33-21-8-4-2-6-18(16)21/h2-9,13-15,20,23-24,26,33-34,38H,10-12,31H2,1H3,(H2,32,39)(H,35,40)(H,36,42)(H,37,41)(H,43,44). The van der Waals surface area contributed by atoms with Crippen molar-refractivity contribution in [2.75, 3.05) is 0 Å². The molecule has 0 radical (unpaired) electrons. The molecule has 14 nitrogen and oxygen atoms in total. The number of para-hydroxylation sites is 2. The summed E-state index contributed by atoms with van der Waals surface area (Å²) in [6.07, 6.45) is 1.30. The highest BCUT2D eigenvalue weighted by Gasteiger charge is 2.33. The summed E-state index contributed by atoms with van der Waals surface area (Å²) >= 11 is 0. The smallest absolute Gasteiger partial charge is 0.326 e. The molecule has 14 heteroatoms. The molecule has 5 atom stereocenters. The number of hydrogen-bond donors (Lipinski definition) is 9. The van der Waals surface area contributed by atoms with E-state index in [1.165, 1.54) is 6.92 Å². The third kappa shape index (κ3) is 7.59. The highest BCUT2D eigenvalue weighted by atomic mass is 16.4. The van der Waals surface area contributed by atoms with E-state index in [4.69, 9.17) is 11.5 Å². The molecule has 0 aliphatic carbocycles. The maximum absolute atomic E-state index is 13.2. The number of aromatic nitrogens is 2. The fraction of sp³-hybridized carbons (Fsp3) is 0.300. The molecule has 0 fully saturated rings. The van der Waals surface area contributed by atoms with Crippen LogP contribution in [0.3, 0.4) is 0 Å². The Bertz CT molecular complexity index is 1680. The Kier molecular flexibility index (Phi) is 9.98. The molecule has 5 unspecified atom stereocenters. The number of aromatic amines is 2. The molecule has 0 aliphatic heterocycles. The van der Waals surface area contributed by atoms with E-state index in [2.05, 4.69) is 25.9 Å². The number of nitrogens with one attached hydrogen (secondary N) is 5. The van der Waals surface area contributed by atoms with Gasteiger partial charge in [0, 0.05) is 40.6 Å². The second-order valence-electron chi connectivity index (χ2n) is 10.6. The molecule has 0 saturated carbocycles. The summed E-state index contributed by atoms with van der Waals surface area (Å²) in [7, 11) is 0. The van der Waals surface area contributed by atoms with E-state index in [-0.39, 0.29) is 12.8 Å². The van der Waals surface area contributed by atoms with Crippen LogP contribution < -0.4 is 27.4 Å². The summed E-state index contributed by atoms with van der Waals surface area (Å²) in [6.45, 7) is 1.22. The molecule has 11 N–H and O–H groups in total. The summed E-state index contributed by atoms with van der Waals surface area (Å²) in [5.74, 6) is -4.98. The van der Waals surface area contributed by atoms with Gasteiger partial charge in [0.2, 0.25) is 23.6 Å². The van der Waals surface area contributed by atoms with Crippen molar-refractivity contribution in [2.45, 2.75) is 56.5 Å². The van der Waals surface area contributed by atoms with E-state index in [0.29, 0.717) is 5.56 Å². The van der Waals surface area contributed by atoms with Crippen LogP contribution in [0.4, 0.5) is 0 Å². The van der Waals surface area contributed by atoms with Crippen molar-refractivity contribution in [3.05, 3.63) is 72.1 Å². The summed E-state index contributed by atoms with van der Waals surface area (Å²) in [5.41, 5.74) is 14.5. The fourth-order valence-corrected chi connectivity index (χ4v) is 4.96. The van der Waals surface area contributed by atoms with Crippen molar-refractivity contribution in [1.29, 1.82) is 0 Å². The molecule has 2 aromatic carbocycles. The Balaban J connectivity index is 1.43. The molecule has 4 rings (SSSR count). The van der Waals surface area contributed by atoms with E-state index in [1.54, 1.807) is 24.5 Å². The summed E-state index contributed by atoms with van der Waals surface area (Å²) in [6, 6.07) is 9.02. The highest BCUT2D eigenvalue weighted by molar-refractivity contribution is 5.97. The number of primary amides is 1. The molecule has 0 saturated heterocycles. The molecular weight excluding hydrogens is 570 g/mol. The van der Waals surface area contributed by atoms with Crippen molar-refractivity contribution in [3.63, 3.8) is 0 Å². The number of carbonyl (C=O) groups is 5. The summed E-state index contributed by atoms with van der Waals surface area (Å²) < 4.78 is 0. The van der Waals surface area contributed by atoms with Crippen molar-refractivity contribution >= 4 is 51.4 Å². The number of aliphatic hydroxyl groups is 1. The minimum atomic E-state index is -1.63. The number of H-pyrrole nitrogens is 2. The Labute approximate surface area is 251 Å². The minimum Gasteiger partial charge on any atom is -0.480 e.